The second-order valence-corrected chi connectivity index (χ2v) is 4.13. The number of allylic oxidation sites excluding steroid dienone is 1. The molecule has 2 aliphatic rings. The number of amides is 1. The quantitative estimate of drug-likeness (QED) is 0.768. The monoisotopic (exact) mass is 261 g/mol. The fraction of sp³-hybridized carbons (Fsp3) is 0.455. The van der Waals surface area contributed by atoms with E-state index in [9.17, 15) is 22.8 Å². The minimum atomic E-state index is -4.94. The van der Waals surface area contributed by atoms with Crippen LogP contribution in [0.15, 0.2) is 23.4 Å². The van der Waals surface area contributed by atoms with E-state index < -0.39 is 24.1 Å². The molecule has 1 heterocycles. The number of Topliss-reactive ketones (excluding diaryl/α,β-unsaturated/α-hetero) is 1. The average molecular weight is 261 g/mol. The lowest BCUT2D eigenvalue weighted by atomic mass is 9.89. The summed E-state index contributed by atoms with van der Waals surface area (Å²) in [4.78, 5) is 22.2. The Morgan fingerprint density at radius 3 is 2.78 bits per heavy atom. The molecule has 0 aromatic carbocycles. The molecule has 0 aromatic heterocycles. The zero-order chi connectivity index (χ0) is 13.5. The number of nitrogens with one attached hydrogen (secondary N) is 1. The molecule has 2 rings (SSSR count). The van der Waals surface area contributed by atoms with Crippen LogP contribution in [0.3, 0.4) is 0 Å². The smallest absolute Gasteiger partial charge is 0.365 e. The van der Waals surface area contributed by atoms with Gasteiger partial charge in [-0.05, 0) is 18.6 Å². The van der Waals surface area contributed by atoms with Crippen molar-refractivity contribution in [1.29, 1.82) is 0 Å². The first-order valence-corrected chi connectivity index (χ1v) is 5.22. The first-order valence-electron chi connectivity index (χ1n) is 5.22. The summed E-state index contributed by atoms with van der Waals surface area (Å²) in [6.45, 7) is 1.48. The Bertz CT molecular complexity index is 465. The molecular formula is C11H10F3NO3. The summed E-state index contributed by atoms with van der Waals surface area (Å²) >= 11 is 0. The predicted molar refractivity (Wildman–Crippen MR) is 54.3 cm³/mol. The van der Waals surface area contributed by atoms with Gasteiger partial charge < -0.3 is 10.1 Å². The Morgan fingerprint density at radius 2 is 2.17 bits per heavy atom. The molecule has 1 amide bonds. The number of rotatable bonds is 1. The lowest BCUT2D eigenvalue weighted by Crippen LogP contribution is -2.38. The summed E-state index contributed by atoms with van der Waals surface area (Å²) in [6, 6.07) is 0. The van der Waals surface area contributed by atoms with Gasteiger partial charge in [-0.2, -0.15) is 13.2 Å². The Kier molecular flexibility index (Phi) is 3.02. The Labute approximate surface area is 100 Å². The first kappa shape index (κ1) is 12.8. The second-order valence-electron chi connectivity index (χ2n) is 4.13. The van der Waals surface area contributed by atoms with Crippen LogP contribution in [0.4, 0.5) is 13.2 Å². The minimum Gasteiger partial charge on any atom is -0.365 e. The minimum absolute atomic E-state index is 0.0354. The van der Waals surface area contributed by atoms with Crippen molar-refractivity contribution in [3.63, 3.8) is 0 Å². The largest absolute Gasteiger partial charge is 0.471 e. The topological polar surface area (TPSA) is 55.4 Å². The molecule has 2 unspecified atom stereocenters. The molecule has 1 saturated heterocycles. The average Bonchev–Trinajstić information content (AvgIpc) is 2.64. The zero-order valence-electron chi connectivity index (χ0n) is 9.38. The lowest BCUT2D eigenvalue weighted by molar-refractivity contribution is -0.172. The molecule has 0 saturated carbocycles. The number of alkyl halides is 3. The number of carbonyl (C=O) groups excluding carboxylic acids is 2. The summed E-state index contributed by atoms with van der Waals surface area (Å²) in [5.41, 5.74) is 0.458. The van der Waals surface area contributed by atoms with E-state index in [1.54, 1.807) is 5.32 Å². The predicted octanol–water partition coefficient (Wildman–Crippen LogP) is 1.09. The van der Waals surface area contributed by atoms with E-state index in [1.807, 2.05) is 0 Å². The van der Waals surface area contributed by atoms with Gasteiger partial charge in [0.15, 0.2) is 5.78 Å². The van der Waals surface area contributed by atoms with Crippen LogP contribution in [-0.2, 0) is 14.3 Å². The summed E-state index contributed by atoms with van der Waals surface area (Å²) in [5, 5.41) is 1.77. The van der Waals surface area contributed by atoms with Crippen LogP contribution in [0.25, 0.3) is 0 Å². The molecular weight excluding hydrogens is 251 g/mol. The fourth-order valence-corrected chi connectivity index (χ4v) is 1.96. The molecule has 0 aromatic rings. The third kappa shape index (κ3) is 2.17. The van der Waals surface area contributed by atoms with Gasteiger partial charge in [0.2, 0.25) is 0 Å². The van der Waals surface area contributed by atoms with Gasteiger partial charge >= 0.3 is 12.1 Å². The number of carbonyl (C=O) groups is 2. The van der Waals surface area contributed by atoms with Gasteiger partial charge in [0, 0.05) is 5.70 Å². The van der Waals surface area contributed by atoms with Crippen LogP contribution in [0.2, 0.25) is 0 Å². The maximum Gasteiger partial charge on any atom is 0.471 e. The van der Waals surface area contributed by atoms with Gasteiger partial charge in [0.05, 0.1) is 12.0 Å². The number of hydrogen-bond acceptors (Lipinski definition) is 3. The van der Waals surface area contributed by atoms with Crippen molar-refractivity contribution < 1.29 is 27.5 Å². The normalized spacial score (nSPS) is 27.4. The molecule has 1 aliphatic carbocycles. The van der Waals surface area contributed by atoms with Crippen LogP contribution in [0, 0.1) is 5.92 Å². The van der Waals surface area contributed by atoms with Crippen molar-refractivity contribution in [2.24, 2.45) is 5.92 Å². The number of ketones is 1. The van der Waals surface area contributed by atoms with Crippen LogP contribution in [-0.4, -0.2) is 30.6 Å². The first-order chi connectivity index (χ1) is 8.30. The fourth-order valence-electron chi connectivity index (χ4n) is 1.96. The van der Waals surface area contributed by atoms with E-state index in [1.165, 1.54) is 19.1 Å². The number of hydrogen-bond donors (Lipinski definition) is 1. The van der Waals surface area contributed by atoms with Gasteiger partial charge in [-0.25, -0.2) is 0 Å². The molecule has 4 nitrogen and oxygen atoms in total. The van der Waals surface area contributed by atoms with Gasteiger partial charge in [-0.15, -0.1) is 0 Å². The highest BCUT2D eigenvalue weighted by Crippen LogP contribution is 2.31. The molecule has 7 heteroatoms. The molecule has 0 radical (unpaired) electrons. The summed E-state index contributed by atoms with van der Waals surface area (Å²) in [7, 11) is 0. The Hall–Kier alpha value is -1.63. The van der Waals surface area contributed by atoms with Crippen molar-refractivity contribution in [3.8, 4) is 0 Å². The molecule has 18 heavy (non-hydrogen) atoms. The zero-order valence-corrected chi connectivity index (χ0v) is 9.38. The van der Waals surface area contributed by atoms with Gasteiger partial charge in [0.25, 0.3) is 0 Å². The van der Waals surface area contributed by atoms with Crippen molar-refractivity contribution in [2.75, 3.05) is 6.61 Å². The molecule has 0 bridgehead atoms. The summed E-state index contributed by atoms with van der Waals surface area (Å²) < 4.78 is 41.5. The molecule has 0 spiro atoms. The van der Waals surface area contributed by atoms with Gasteiger partial charge in [0.1, 0.15) is 6.61 Å². The summed E-state index contributed by atoms with van der Waals surface area (Å²) in [6.07, 6.45) is -2.75. The van der Waals surface area contributed by atoms with E-state index in [0.29, 0.717) is 5.57 Å². The van der Waals surface area contributed by atoms with Crippen molar-refractivity contribution in [3.05, 3.63) is 23.4 Å². The second kappa shape index (κ2) is 4.24. The highest BCUT2D eigenvalue weighted by molar-refractivity contribution is 5.88. The van der Waals surface area contributed by atoms with Crippen LogP contribution >= 0.6 is 0 Å². The third-order valence-electron chi connectivity index (χ3n) is 2.93. The third-order valence-corrected chi connectivity index (χ3v) is 2.93. The van der Waals surface area contributed by atoms with Crippen molar-refractivity contribution in [2.45, 2.75) is 19.2 Å². The SMILES string of the molecule is CC1=C(NC(=O)C(F)(F)F)C=CC2C(=O)COC12. The molecule has 2 atom stereocenters. The van der Waals surface area contributed by atoms with Crippen LogP contribution < -0.4 is 5.32 Å². The maximum atomic E-state index is 12.1. The van der Waals surface area contributed by atoms with E-state index in [0.717, 1.165) is 0 Å². The van der Waals surface area contributed by atoms with E-state index in [-0.39, 0.29) is 18.1 Å². The maximum absolute atomic E-state index is 12.1. The van der Waals surface area contributed by atoms with Crippen LogP contribution in [0.5, 0.6) is 0 Å². The van der Waals surface area contributed by atoms with Gasteiger partial charge in [-0.3, -0.25) is 9.59 Å². The van der Waals surface area contributed by atoms with Crippen molar-refractivity contribution in [1.82, 2.24) is 5.32 Å². The van der Waals surface area contributed by atoms with E-state index in [2.05, 4.69) is 0 Å². The Balaban J connectivity index is 2.18. The molecule has 1 N–H and O–H groups in total. The summed E-state index contributed by atoms with van der Waals surface area (Å²) in [5.74, 6) is -2.61. The van der Waals surface area contributed by atoms with E-state index >= 15 is 0 Å². The van der Waals surface area contributed by atoms with Crippen LogP contribution in [0.1, 0.15) is 6.92 Å². The standard InChI is InChI=1S/C11H10F3NO3/c1-5-7(15-10(17)11(12,13)14)3-2-6-8(16)4-18-9(5)6/h2-3,6,9H,4H2,1H3,(H,15,17). The van der Waals surface area contributed by atoms with E-state index in [4.69, 9.17) is 4.74 Å². The highest BCUT2D eigenvalue weighted by Gasteiger charge is 2.41. The molecule has 98 valence electrons. The van der Waals surface area contributed by atoms with Gasteiger partial charge in [-0.1, -0.05) is 6.08 Å². The number of halogens is 3. The number of ether oxygens (including phenoxy) is 1. The lowest BCUT2D eigenvalue weighted by Gasteiger charge is -2.23. The molecule has 1 aliphatic heterocycles. The highest BCUT2D eigenvalue weighted by atomic mass is 19.4. The Morgan fingerprint density at radius 1 is 1.50 bits per heavy atom. The van der Waals surface area contributed by atoms with Crippen molar-refractivity contribution >= 4 is 11.7 Å². The molecule has 1 fully saturated rings. The number of fused-ring (bicyclic) bond motifs is 1.